The molecule has 17 heavy (non-hydrogen) atoms. The van der Waals surface area contributed by atoms with Gasteiger partial charge in [0, 0.05) is 11.1 Å². The Kier molecular flexibility index (Phi) is 2.16. The number of halogens is 1. The first kappa shape index (κ1) is 11.2. The molecule has 2 unspecified atom stereocenters. The molecule has 0 aromatic carbocycles. The van der Waals surface area contributed by atoms with E-state index in [0.717, 1.165) is 4.88 Å². The Morgan fingerprint density at radius 2 is 2.00 bits per heavy atom. The fourth-order valence-electron chi connectivity index (χ4n) is 2.67. The van der Waals surface area contributed by atoms with Gasteiger partial charge in [-0.3, -0.25) is 14.5 Å². The number of rotatable bonds is 2. The molecule has 1 aromatic rings. The molecule has 90 valence electrons. The molecule has 2 amide bonds. The summed E-state index contributed by atoms with van der Waals surface area (Å²) in [5, 5.41) is 0. The Hall–Kier alpha value is -0.940. The highest BCUT2D eigenvalue weighted by Gasteiger charge is 2.72. The highest BCUT2D eigenvalue weighted by Crippen LogP contribution is 2.63. The maximum Gasteiger partial charge on any atom is 0.234 e. The first-order chi connectivity index (χ1) is 7.93. The molecular formula is C11H11ClN2O2S. The van der Waals surface area contributed by atoms with E-state index < -0.39 is 0 Å². The van der Waals surface area contributed by atoms with Gasteiger partial charge in [-0.05, 0) is 5.41 Å². The van der Waals surface area contributed by atoms with E-state index in [4.69, 9.17) is 11.6 Å². The van der Waals surface area contributed by atoms with Gasteiger partial charge in [-0.2, -0.15) is 0 Å². The summed E-state index contributed by atoms with van der Waals surface area (Å²) >= 11 is 7.02. The molecule has 2 atom stereocenters. The van der Waals surface area contributed by atoms with Crippen LogP contribution >= 0.6 is 22.9 Å². The van der Waals surface area contributed by atoms with E-state index in [1.807, 2.05) is 13.8 Å². The molecule has 6 heteroatoms. The van der Waals surface area contributed by atoms with Gasteiger partial charge in [-0.1, -0.05) is 25.4 Å². The van der Waals surface area contributed by atoms with Crippen LogP contribution in [0.25, 0.3) is 0 Å². The zero-order valence-corrected chi connectivity index (χ0v) is 11.0. The number of imide groups is 1. The first-order valence-electron chi connectivity index (χ1n) is 5.38. The van der Waals surface area contributed by atoms with E-state index >= 15 is 0 Å². The van der Waals surface area contributed by atoms with Gasteiger partial charge in [0.2, 0.25) is 11.8 Å². The van der Waals surface area contributed by atoms with Crippen molar-refractivity contribution >= 4 is 34.8 Å². The summed E-state index contributed by atoms with van der Waals surface area (Å²) in [4.78, 5) is 30.2. The average molecular weight is 271 g/mol. The molecule has 2 aliphatic rings. The van der Waals surface area contributed by atoms with E-state index in [0.29, 0.717) is 11.0 Å². The normalized spacial score (nSPS) is 29.7. The minimum Gasteiger partial charge on any atom is -0.277 e. The Morgan fingerprint density at radius 1 is 1.41 bits per heavy atom. The lowest BCUT2D eigenvalue weighted by Crippen LogP contribution is -2.35. The van der Waals surface area contributed by atoms with E-state index in [9.17, 15) is 9.59 Å². The summed E-state index contributed by atoms with van der Waals surface area (Å²) < 4.78 is 0.435. The van der Waals surface area contributed by atoms with Gasteiger partial charge in [0.05, 0.1) is 18.4 Å². The van der Waals surface area contributed by atoms with Crippen LogP contribution in [0.3, 0.4) is 0 Å². The highest BCUT2D eigenvalue weighted by molar-refractivity contribution is 7.15. The van der Waals surface area contributed by atoms with Crippen molar-refractivity contribution in [3.63, 3.8) is 0 Å². The molecule has 1 saturated heterocycles. The number of thiazole rings is 1. The molecule has 1 saturated carbocycles. The maximum atomic E-state index is 12.0. The van der Waals surface area contributed by atoms with E-state index in [1.54, 1.807) is 6.20 Å². The summed E-state index contributed by atoms with van der Waals surface area (Å²) in [7, 11) is 0. The predicted octanol–water partition coefficient (Wildman–Crippen LogP) is 1.94. The minimum absolute atomic E-state index is 0.0467. The predicted molar refractivity (Wildman–Crippen MR) is 63.4 cm³/mol. The minimum atomic E-state index is -0.143. The van der Waals surface area contributed by atoms with Crippen LogP contribution in [0, 0.1) is 17.3 Å². The Bertz CT molecular complexity index is 501. The van der Waals surface area contributed by atoms with Crippen LogP contribution in [0.4, 0.5) is 0 Å². The number of amides is 2. The number of hydrogen-bond acceptors (Lipinski definition) is 4. The molecule has 1 aliphatic carbocycles. The summed E-state index contributed by atoms with van der Waals surface area (Å²) in [6.45, 7) is 4.25. The van der Waals surface area contributed by atoms with E-state index in [2.05, 4.69) is 4.98 Å². The van der Waals surface area contributed by atoms with Gasteiger partial charge in [0.15, 0.2) is 4.47 Å². The van der Waals surface area contributed by atoms with Crippen molar-refractivity contribution in [1.82, 2.24) is 9.88 Å². The molecule has 2 fully saturated rings. The van der Waals surface area contributed by atoms with Gasteiger partial charge in [0.1, 0.15) is 0 Å². The molecule has 2 heterocycles. The number of piperidine rings is 1. The molecule has 0 radical (unpaired) electrons. The number of carbonyl (C=O) groups excluding carboxylic acids is 2. The third-order valence-electron chi connectivity index (χ3n) is 3.73. The fraction of sp³-hybridized carbons (Fsp3) is 0.545. The summed E-state index contributed by atoms with van der Waals surface area (Å²) in [5.41, 5.74) is -0.143. The van der Waals surface area contributed by atoms with Crippen LogP contribution < -0.4 is 0 Å². The van der Waals surface area contributed by atoms with Crippen LogP contribution in [0.15, 0.2) is 6.20 Å². The molecular weight excluding hydrogens is 260 g/mol. The number of carbonyl (C=O) groups is 2. The average Bonchev–Trinajstić information content (AvgIpc) is 2.55. The third kappa shape index (κ3) is 1.45. The lowest BCUT2D eigenvalue weighted by atomic mass is 10.1. The SMILES string of the molecule is CC1(C)C2C(=O)N(Cc3cnc(Cl)s3)C(=O)C21. The van der Waals surface area contributed by atoms with Crippen molar-refractivity contribution < 1.29 is 9.59 Å². The molecule has 0 bridgehead atoms. The van der Waals surface area contributed by atoms with Crippen LogP contribution in [-0.2, 0) is 16.1 Å². The van der Waals surface area contributed by atoms with Crippen molar-refractivity contribution in [1.29, 1.82) is 0 Å². The van der Waals surface area contributed by atoms with Crippen LogP contribution in [0.5, 0.6) is 0 Å². The zero-order valence-electron chi connectivity index (χ0n) is 9.44. The second-order valence-corrected chi connectivity index (χ2v) is 6.82. The smallest absolute Gasteiger partial charge is 0.234 e. The maximum absolute atomic E-state index is 12.0. The topological polar surface area (TPSA) is 50.3 Å². The van der Waals surface area contributed by atoms with Crippen molar-refractivity contribution in [2.24, 2.45) is 17.3 Å². The Balaban J connectivity index is 1.79. The molecule has 3 rings (SSSR count). The van der Waals surface area contributed by atoms with Crippen molar-refractivity contribution in [2.75, 3.05) is 0 Å². The lowest BCUT2D eigenvalue weighted by molar-refractivity contribution is -0.143. The zero-order chi connectivity index (χ0) is 12.4. The molecule has 4 nitrogen and oxygen atoms in total. The number of hydrogen-bond donors (Lipinski definition) is 0. The van der Waals surface area contributed by atoms with Gasteiger partial charge >= 0.3 is 0 Å². The second kappa shape index (κ2) is 3.29. The van der Waals surface area contributed by atoms with Gasteiger partial charge < -0.3 is 0 Å². The second-order valence-electron chi connectivity index (χ2n) is 5.12. The van der Waals surface area contributed by atoms with Crippen LogP contribution in [0.2, 0.25) is 4.47 Å². The van der Waals surface area contributed by atoms with Gasteiger partial charge in [0.25, 0.3) is 0 Å². The lowest BCUT2D eigenvalue weighted by Gasteiger charge is -2.19. The third-order valence-corrected chi connectivity index (χ3v) is 4.83. The van der Waals surface area contributed by atoms with Crippen LogP contribution in [-0.4, -0.2) is 21.7 Å². The monoisotopic (exact) mass is 270 g/mol. The Labute approximate surface area is 108 Å². The molecule has 1 aliphatic heterocycles. The summed E-state index contributed by atoms with van der Waals surface area (Å²) in [6, 6.07) is 0. The van der Waals surface area contributed by atoms with Crippen molar-refractivity contribution in [3.05, 3.63) is 15.5 Å². The molecule has 0 spiro atoms. The number of likely N-dealkylation sites (tertiary alicyclic amines) is 1. The highest BCUT2D eigenvalue weighted by atomic mass is 35.5. The van der Waals surface area contributed by atoms with Gasteiger partial charge in [-0.25, -0.2) is 4.98 Å². The van der Waals surface area contributed by atoms with Crippen LogP contribution in [0.1, 0.15) is 18.7 Å². The van der Waals surface area contributed by atoms with Crippen molar-refractivity contribution in [3.8, 4) is 0 Å². The fourth-order valence-corrected chi connectivity index (χ4v) is 3.64. The quantitative estimate of drug-likeness (QED) is 0.772. The summed E-state index contributed by atoms with van der Waals surface area (Å²) in [6.07, 6.45) is 1.61. The van der Waals surface area contributed by atoms with Crippen molar-refractivity contribution in [2.45, 2.75) is 20.4 Å². The first-order valence-corrected chi connectivity index (χ1v) is 6.58. The van der Waals surface area contributed by atoms with Gasteiger partial charge in [-0.15, -0.1) is 11.3 Å². The Morgan fingerprint density at radius 3 is 2.47 bits per heavy atom. The largest absolute Gasteiger partial charge is 0.277 e. The summed E-state index contributed by atoms with van der Waals surface area (Å²) in [5.74, 6) is -0.319. The number of nitrogens with zero attached hydrogens (tertiary/aromatic N) is 2. The standard InChI is InChI=1S/C11H11ClN2O2S/c1-11(2)6-7(11)9(16)14(8(6)15)4-5-3-13-10(12)17-5/h3,6-7H,4H2,1-2H3. The van der Waals surface area contributed by atoms with E-state index in [1.165, 1.54) is 16.2 Å². The number of aromatic nitrogens is 1. The molecule has 1 aromatic heterocycles. The number of fused-ring (bicyclic) bond motifs is 1. The molecule has 0 N–H and O–H groups in total. The van der Waals surface area contributed by atoms with E-state index in [-0.39, 0.29) is 29.1 Å².